The van der Waals surface area contributed by atoms with Crippen molar-refractivity contribution in [1.82, 2.24) is 29.5 Å². The van der Waals surface area contributed by atoms with E-state index in [1.807, 2.05) is 55.0 Å². The minimum absolute atomic E-state index is 0.0348. The summed E-state index contributed by atoms with van der Waals surface area (Å²) in [6.45, 7) is 2.17. The number of hydrogen-bond donors (Lipinski definition) is 1. The van der Waals surface area contributed by atoms with Gasteiger partial charge < -0.3 is 24.6 Å². The van der Waals surface area contributed by atoms with Gasteiger partial charge in [-0.3, -0.25) is 14.5 Å². The van der Waals surface area contributed by atoms with Gasteiger partial charge in [-0.1, -0.05) is 0 Å². The number of carbonyl (C=O) groups excluding carboxylic acids is 1. The van der Waals surface area contributed by atoms with Crippen molar-refractivity contribution in [3.8, 4) is 0 Å². The van der Waals surface area contributed by atoms with Gasteiger partial charge in [-0.2, -0.15) is 5.10 Å². The molecule has 2 aromatic heterocycles. The quantitative estimate of drug-likeness (QED) is 0.582. The zero-order valence-corrected chi connectivity index (χ0v) is 16.5. The first-order valence-electron chi connectivity index (χ1n) is 8.83. The summed E-state index contributed by atoms with van der Waals surface area (Å²) >= 11 is 0. The zero-order chi connectivity index (χ0) is 19.6. The van der Waals surface area contributed by atoms with E-state index < -0.39 is 0 Å². The summed E-state index contributed by atoms with van der Waals surface area (Å²) in [6, 6.07) is 0. The second-order valence-electron chi connectivity index (χ2n) is 6.74. The van der Waals surface area contributed by atoms with Crippen LogP contribution < -0.4 is 15.1 Å². The summed E-state index contributed by atoms with van der Waals surface area (Å²) in [5, 5.41) is 7.48. The zero-order valence-electron chi connectivity index (χ0n) is 16.5. The van der Waals surface area contributed by atoms with Gasteiger partial charge in [0.2, 0.25) is 11.9 Å². The lowest BCUT2D eigenvalue weighted by molar-refractivity contribution is -0.120. The lowest BCUT2D eigenvalue weighted by atomic mass is 10.3. The minimum atomic E-state index is 0.0348. The molecule has 0 atom stereocenters. The van der Waals surface area contributed by atoms with E-state index in [4.69, 9.17) is 0 Å². The third-order valence-corrected chi connectivity index (χ3v) is 4.62. The molecule has 0 radical (unpaired) electrons. The Morgan fingerprint density at radius 2 is 2.07 bits per heavy atom. The molecule has 0 spiro atoms. The van der Waals surface area contributed by atoms with Gasteiger partial charge in [-0.25, -0.2) is 4.98 Å². The molecule has 3 heterocycles. The molecule has 2 aromatic rings. The first-order valence-corrected chi connectivity index (χ1v) is 8.83. The Bertz CT molecular complexity index is 835. The van der Waals surface area contributed by atoms with Gasteiger partial charge in [0.1, 0.15) is 6.54 Å². The number of imidazole rings is 1. The molecule has 3 rings (SSSR count). The fourth-order valence-electron chi connectivity index (χ4n) is 3.19. The fourth-order valence-corrected chi connectivity index (χ4v) is 3.19. The molecule has 1 aliphatic heterocycles. The molecule has 10 heteroatoms. The minimum Gasteiger partial charge on any atom is -0.351 e. The summed E-state index contributed by atoms with van der Waals surface area (Å²) in [5.41, 5.74) is 1.87. The van der Waals surface area contributed by atoms with Gasteiger partial charge in [-0.05, 0) is 0 Å². The highest BCUT2D eigenvalue weighted by Gasteiger charge is 2.27. The van der Waals surface area contributed by atoms with Crippen LogP contribution in [-0.4, -0.2) is 76.9 Å². The number of nitrogens with one attached hydrogen (secondary N) is 1. The van der Waals surface area contributed by atoms with E-state index in [0.29, 0.717) is 25.6 Å². The SMILES string of the molecule is CN=C(NCc1cnc(N(C)C)n1C)N1CCN(c2cnn(C)c2)C(=O)C1. The summed E-state index contributed by atoms with van der Waals surface area (Å²) in [6.07, 6.45) is 5.41. The van der Waals surface area contributed by atoms with Crippen LogP contribution in [0.25, 0.3) is 0 Å². The second kappa shape index (κ2) is 7.68. The van der Waals surface area contributed by atoms with Crippen LogP contribution in [-0.2, 0) is 25.4 Å². The number of aromatic nitrogens is 4. The maximum absolute atomic E-state index is 12.6. The average Bonchev–Trinajstić information content (AvgIpc) is 3.21. The van der Waals surface area contributed by atoms with Crippen molar-refractivity contribution in [2.75, 3.05) is 50.6 Å². The fraction of sp³-hybridized carbons (Fsp3) is 0.529. The van der Waals surface area contributed by atoms with Crippen molar-refractivity contribution in [1.29, 1.82) is 0 Å². The largest absolute Gasteiger partial charge is 0.351 e. The highest BCUT2D eigenvalue weighted by molar-refractivity contribution is 5.98. The van der Waals surface area contributed by atoms with Crippen LogP contribution >= 0.6 is 0 Å². The van der Waals surface area contributed by atoms with Gasteiger partial charge in [0.25, 0.3) is 0 Å². The van der Waals surface area contributed by atoms with E-state index in [1.54, 1.807) is 22.8 Å². The van der Waals surface area contributed by atoms with E-state index in [2.05, 4.69) is 20.4 Å². The maximum atomic E-state index is 12.6. The number of hydrogen-bond acceptors (Lipinski definition) is 5. The topological polar surface area (TPSA) is 86.8 Å². The van der Waals surface area contributed by atoms with Crippen LogP contribution in [0.3, 0.4) is 0 Å². The highest BCUT2D eigenvalue weighted by atomic mass is 16.2. The third kappa shape index (κ3) is 3.88. The lowest BCUT2D eigenvalue weighted by Gasteiger charge is -2.35. The van der Waals surface area contributed by atoms with Crippen molar-refractivity contribution in [2.24, 2.45) is 19.1 Å². The third-order valence-electron chi connectivity index (χ3n) is 4.62. The monoisotopic (exact) mass is 373 g/mol. The molecule has 0 aromatic carbocycles. The lowest BCUT2D eigenvalue weighted by Crippen LogP contribution is -2.55. The van der Waals surface area contributed by atoms with E-state index in [9.17, 15) is 4.79 Å². The molecule has 1 N–H and O–H groups in total. The van der Waals surface area contributed by atoms with Gasteiger partial charge in [0.05, 0.1) is 30.3 Å². The molecule has 0 saturated carbocycles. The van der Waals surface area contributed by atoms with Crippen LogP contribution in [0, 0.1) is 0 Å². The van der Waals surface area contributed by atoms with Crippen LogP contribution in [0.15, 0.2) is 23.6 Å². The van der Waals surface area contributed by atoms with E-state index in [1.165, 1.54) is 0 Å². The summed E-state index contributed by atoms with van der Waals surface area (Å²) < 4.78 is 3.73. The first kappa shape index (κ1) is 18.7. The first-order chi connectivity index (χ1) is 12.9. The predicted molar refractivity (Wildman–Crippen MR) is 105 cm³/mol. The molecule has 1 fully saturated rings. The molecular weight excluding hydrogens is 346 g/mol. The molecule has 146 valence electrons. The molecular formula is C17H27N9O. The van der Waals surface area contributed by atoms with Crippen LogP contribution in [0.4, 0.5) is 11.6 Å². The van der Waals surface area contributed by atoms with Crippen molar-refractivity contribution < 1.29 is 4.79 Å². The number of aliphatic imine (C=N–C) groups is 1. The van der Waals surface area contributed by atoms with Crippen molar-refractivity contribution in [3.05, 3.63) is 24.3 Å². The van der Waals surface area contributed by atoms with Gasteiger partial charge in [0.15, 0.2) is 5.96 Å². The second-order valence-corrected chi connectivity index (χ2v) is 6.74. The molecule has 0 aliphatic carbocycles. The Morgan fingerprint density at radius 3 is 2.63 bits per heavy atom. The smallest absolute Gasteiger partial charge is 0.246 e. The summed E-state index contributed by atoms with van der Waals surface area (Å²) in [5.74, 6) is 1.64. The van der Waals surface area contributed by atoms with Crippen molar-refractivity contribution in [3.63, 3.8) is 0 Å². The summed E-state index contributed by atoms with van der Waals surface area (Å²) in [4.78, 5) is 27.0. The Balaban J connectivity index is 1.61. The van der Waals surface area contributed by atoms with E-state index in [-0.39, 0.29) is 12.5 Å². The van der Waals surface area contributed by atoms with Crippen molar-refractivity contribution >= 4 is 23.5 Å². The number of anilines is 2. The van der Waals surface area contributed by atoms with Crippen LogP contribution in [0.1, 0.15) is 5.69 Å². The maximum Gasteiger partial charge on any atom is 0.246 e. The standard InChI is InChI=1S/C17H27N9O/c1-18-16(19-8-13-9-20-17(22(2)3)24(13)5)25-6-7-26(15(27)12-25)14-10-21-23(4)11-14/h9-11H,6-8,12H2,1-5H3,(H,18,19). The normalized spacial score (nSPS) is 15.4. The van der Waals surface area contributed by atoms with Crippen LogP contribution in [0.2, 0.25) is 0 Å². The molecule has 27 heavy (non-hydrogen) atoms. The van der Waals surface area contributed by atoms with E-state index in [0.717, 1.165) is 17.3 Å². The van der Waals surface area contributed by atoms with E-state index >= 15 is 0 Å². The molecule has 1 amide bonds. The number of rotatable bonds is 4. The highest BCUT2D eigenvalue weighted by Crippen LogP contribution is 2.16. The number of aryl methyl sites for hydroxylation is 1. The number of nitrogens with zero attached hydrogens (tertiary/aromatic N) is 8. The number of guanidine groups is 1. The van der Waals surface area contributed by atoms with Crippen LogP contribution in [0.5, 0.6) is 0 Å². The van der Waals surface area contributed by atoms with Gasteiger partial charge in [0, 0.05) is 54.5 Å². The molecule has 0 unspecified atom stereocenters. The average molecular weight is 373 g/mol. The molecule has 1 saturated heterocycles. The van der Waals surface area contributed by atoms with Crippen molar-refractivity contribution in [2.45, 2.75) is 6.54 Å². The predicted octanol–water partition coefficient (Wildman–Crippen LogP) is -0.356. The molecule has 1 aliphatic rings. The number of amides is 1. The van der Waals surface area contributed by atoms with Gasteiger partial charge in [-0.15, -0.1) is 0 Å². The molecule has 10 nitrogen and oxygen atoms in total. The molecule has 0 bridgehead atoms. The Labute approximate surface area is 159 Å². The Hall–Kier alpha value is -3.04. The number of carbonyl (C=O) groups is 1. The number of piperazine rings is 1. The summed E-state index contributed by atoms with van der Waals surface area (Å²) in [7, 11) is 9.49. The Morgan fingerprint density at radius 1 is 1.30 bits per heavy atom. The Kier molecular flexibility index (Phi) is 5.33. The van der Waals surface area contributed by atoms with Gasteiger partial charge >= 0.3 is 0 Å².